The van der Waals surface area contributed by atoms with Crippen molar-refractivity contribution >= 4 is 12.1 Å². The Morgan fingerprint density at radius 1 is 1.24 bits per heavy atom. The predicted molar refractivity (Wildman–Crippen MR) is 76.5 cm³/mol. The number of hydrogen-bond acceptors (Lipinski definition) is 5. The first-order chi connectivity index (χ1) is 10.0. The zero-order chi connectivity index (χ0) is 15.7. The highest BCUT2D eigenvalue weighted by Gasteiger charge is 2.23. The minimum Gasteiger partial charge on any atom is -0.461 e. The van der Waals surface area contributed by atoms with E-state index in [0.717, 1.165) is 5.56 Å². The van der Waals surface area contributed by atoms with Crippen molar-refractivity contribution in [2.45, 2.75) is 39.0 Å². The molecule has 0 bridgehead atoms. The van der Waals surface area contributed by atoms with Crippen LogP contribution >= 0.6 is 0 Å². The number of rotatable bonds is 7. The second-order valence-electron chi connectivity index (χ2n) is 4.76. The van der Waals surface area contributed by atoms with E-state index in [4.69, 9.17) is 14.6 Å². The van der Waals surface area contributed by atoms with Gasteiger partial charge in [0.15, 0.2) is 0 Å². The Bertz CT molecular complexity index is 447. The molecule has 0 heterocycles. The Morgan fingerprint density at radius 3 is 2.48 bits per heavy atom. The Labute approximate surface area is 124 Å². The van der Waals surface area contributed by atoms with Crippen LogP contribution in [-0.4, -0.2) is 35.9 Å². The topological polar surface area (TPSA) is 84.9 Å². The highest BCUT2D eigenvalue weighted by molar-refractivity contribution is 5.81. The van der Waals surface area contributed by atoms with Gasteiger partial charge in [-0.2, -0.15) is 0 Å². The molecule has 0 aliphatic heterocycles. The third-order valence-electron chi connectivity index (χ3n) is 2.56. The van der Waals surface area contributed by atoms with Gasteiger partial charge in [0.25, 0.3) is 0 Å². The minimum absolute atomic E-state index is 0.0754. The molecule has 6 nitrogen and oxygen atoms in total. The second kappa shape index (κ2) is 8.97. The van der Waals surface area contributed by atoms with Gasteiger partial charge in [-0.1, -0.05) is 30.3 Å². The monoisotopic (exact) mass is 295 g/mol. The van der Waals surface area contributed by atoms with E-state index in [1.54, 1.807) is 13.8 Å². The largest absolute Gasteiger partial charge is 0.461 e. The van der Waals surface area contributed by atoms with E-state index in [1.165, 1.54) is 0 Å². The fourth-order valence-electron chi connectivity index (χ4n) is 1.60. The number of carbonyl (C=O) groups is 2. The van der Waals surface area contributed by atoms with Crippen molar-refractivity contribution in [2.75, 3.05) is 6.61 Å². The zero-order valence-corrected chi connectivity index (χ0v) is 12.2. The maximum atomic E-state index is 11.7. The van der Waals surface area contributed by atoms with E-state index < -0.39 is 18.1 Å². The lowest BCUT2D eigenvalue weighted by Gasteiger charge is -2.18. The molecule has 1 aromatic rings. The quantitative estimate of drug-likeness (QED) is 0.747. The second-order valence-corrected chi connectivity index (χ2v) is 4.76. The molecule has 0 radical (unpaired) electrons. The molecule has 0 aliphatic rings. The maximum absolute atomic E-state index is 11.7. The van der Waals surface area contributed by atoms with E-state index in [9.17, 15) is 9.59 Å². The van der Waals surface area contributed by atoms with Gasteiger partial charge >= 0.3 is 12.1 Å². The summed E-state index contributed by atoms with van der Waals surface area (Å²) >= 11 is 0. The van der Waals surface area contributed by atoms with E-state index in [1.807, 2.05) is 30.3 Å². The van der Waals surface area contributed by atoms with Crippen LogP contribution in [0.3, 0.4) is 0 Å². The molecule has 1 rings (SSSR count). The van der Waals surface area contributed by atoms with Crippen molar-refractivity contribution in [2.24, 2.45) is 0 Å². The smallest absolute Gasteiger partial charge is 0.408 e. The number of benzene rings is 1. The molecular weight excluding hydrogens is 274 g/mol. The first-order valence-corrected chi connectivity index (χ1v) is 6.81. The number of carbonyl (C=O) groups excluding carboxylic acids is 2. The fourth-order valence-corrected chi connectivity index (χ4v) is 1.60. The van der Waals surface area contributed by atoms with Gasteiger partial charge in [0.05, 0.1) is 6.10 Å². The summed E-state index contributed by atoms with van der Waals surface area (Å²) < 4.78 is 10.0. The molecule has 0 saturated heterocycles. The highest BCUT2D eigenvalue weighted by atomic mass is 16.6. The number of ether oxygens (including phenoxy) is 2. The molecular formula is C15H21NO5. The van der Waals surface area contributed by atoms with Gasteiger partial charge in [0.1, 0.15) is 12.6 Å². The lowest BCUT2D eigenvalue weighted by atomic mass is 10.2. The predicted octanol–water partition coefficient (Wildman–Crippen LogP) is 1.62. The summed E-state index contributed by atoms with van der Waals surface area (Å²) in [4.78, 5) is 23.4. The van der Waals surface area contributed by atoms with Gasteiger partial charge in [-0.25, -0.2) is 9.59 Å². The van der Waals surface area contributed by atoms with Gasteiger partial charge in [0.2, 0.25) is 0 Å². The van der Waals surface area contributed by atoms with Crippen LogP contribution in [0.2, 0.25) is 0 Å². The molecule has 0 fully saturated rings. The highest BCUT2D eigenvalue weighted by Crippen LogP contribution is 2.03. The number of alkyl carbamates (subject to hydrolysis) is 1. The Kier molecular flexibility index (Phi) is 7.25. The van der Waals surface area contributed by atoms with Crippen molar-refractivity contribution in [1.29, 1.82) is 0 Å². The lowest BCUT2D eigenvalue weighted by molar-refractivity contribution is -0.150. The Hall–Kier alpha value is -2.08. The summed E-state index contributed by atoms with van der Waals surface area (Å²) in [7, 11) is 0. The SMILES string of the molecule is CC(C)OC(=O)[C@@H](CCO)NC(=O)OCc1ccccc1. The number of nitrogens with one attached hydrogen (secondary N) is 1. The third-order valence-corrected chi connectivity index (χ3v) is 2.56. The number of esters is 1. The molecule has 116 valence electrons. The molecule has 6 heteroatoms. The Balaban J connectivity index is 2.46. The van der Waals surface area contributed by atoms with Gasteiger partial charge in [-0.05, 0) is 19.4 Å². The molecule has 1 amide bonds. The van der Waals surface area contributed by atoms with Crippen molar-refractivity contribution in [3.8, 4) is 0 Å². The Morgan fingerprint density at radius 2 is 1.90 bits per heavy atom. The first kappa shape index (κ1) is 17.0. The summed E-state index contributed by atoms with van der Waals surface area (Å²) in [5.74, 6) is -0.587. The summed E-state index contributed by atoms with van der Waals surface area (Å²) in [6, 6.07) is 8.27. The standard InChI is InChI=1S/C15H21NO5/c1-11(2)21-14(18)13(8-9-17)16-15(19)20-10-12-6-4-3-5-7-12/h3-7,11,13,17H,8-10H2,1-2H3,(H,16,19)/t13-/m1/s1. The fraction of sp³-hybridized carbons (Fsp3) is 0.467. The molecule has 2 N–H and O–H groups in total. The molecule has 21 heavy (non-hydrogen) atoms. The first-order valence-electron chi connectivity index (χ1n) is 6.81. The number of amides is 1. The molecule has 0 unspecified atom stereocenters. The third kappa shape index (κ3) is 6.76. The number of aliphatic hydroxyl groups excluding tert-OH is 1. The van der Waals surface area contributed by atoms with Crippen LogP contribution < -0.4 is 5.32 Å². The number of hydrogen-bond donors (Lipinski definition) is 2. The van der Waals surface area contributed by atoms with Crippen LogP contribution in [0, 0.1) is 0 Å². The van der Waals surface area contributed by atoms with Crippen LogP contribution in [-0.2, 0) is 20.9 Å². The van der Waals surface area contributed by atoms with Crippen LogP contribution in [0.25, 0.3) is 0 Å². The van der Waals surface area contributed by atoms with Gasteiger partial charge in [-0.3, -0.25) is 0 Å². The van der Waals surface area contributed by atoms with Crippen LogP contribution in [0.5, 0.6) is 0 Å². The molecule has 1 atom stereocenters. The molecule has 1 aromatic carbocycles. The lowest BCUT2D eigenvalue weighted by Crippen LogP contribution is -2.43. The summed E-state index contributed by atoms with van der Waals surface area (Å²) in [6.45, 7) is 3.29. The molecule has 0 saturated carbocycles. The zero-order valence-electron chi connectivity index (χ0n) is 12.2. The number of aliphatic hydroxyl groups is 1. The minimum atomic E-state index is -0.916. The molecule has 0 spiro atoms. The van der Waals surface area contributed by atoms with Crippen LogP contribution in [0.4, 0.5) is 4.79 Å². The van der Waals surface area contributed by atoms with Crippen molar-refractivity contribution in [3.05, 3.63) is 35.9 Å². The van der Waals surface area contributed by atoms with E-state index in [-0.39, 0.29) is 25.7 Å². The van der Waals surface area contributed by atoms with Gasteiger partial charge in [0, 0.05) is 13.0 Å². The summed E-state index contributed by atoms with van der Waals surface area (Å²) in [5.41, 5.74) is 0.844. The van der Waals surface area contributed by atoms with Crippen molar-refractivity contribution in [3.63, 3.8) is 0 Å². The summed E-state index contributed by atoms with van der Waals surface area (Å²) in [5, 5.41) is 11.3. The van der Waals surface area contributed by atoms with Gasteiger partial charge in [-0.15, -0.1) is 0 Å². The van der Waals surface area contributed by atoms with E-state index >= 15 is 0 Å². The van der Waals surface area contributed by atoms with Crippen LogP contribution in [0.15, 0.2) is 30.3 Å². The molecule has 0 aromatic heterocycles. The maximum Gasteiger partial charge on any atom is 0.408 e. The normalized spacial score (nSPS) is 11.8. The van der Waals surface area contributed by atoms with Gasteiger partial charge < -0.3 is 19.9 Å². The summed E-state index contributed by atoms with van der Waals surface area (Å²) in [6.07, 6.45) is -0.940. The van der Waals surface area contributed by atoms with Crippen LogP contribution in [0.1, 0.15) is 25.8 Å². The average molecular weight is 295 g/mol. The average Bonchev–Trinajstić information content (AvgIpc) is 2.45. The van der Waals surface area contributed by atoms with E-state index in [2.05, 4.69) is 5.32 Å². The van der Waals surface area contributed by atoms with E-state index in [0.29, 0.717) is 0 Å². The van der Waals surface area contributed by atoms with Crippen molar-refractivity contribution < 1.29 is 24.2 Å². The molecule has 0 aliphatic carbocycles. The van der Waals surface area contributed by atoms with Crippen molar-refractivity contribution in [1.82, 2.24) is 5.32 Å².